The van der Waals surface area contributed by atoms with Crippen molar-refractivity contribution in [1.82, 2.24) is 9.88 Å². The number of aromatic amines is 1. The highest BCUT2D eigenvalue weighted by atomic mass is 16.5. The second-order valence-electron chi connectivity index (χ2n) is 8.69. The summed E-state index contributed by atoms with van der Waals surface area (Å²) in [6.07, 6.45) is 0.740. The van der Waals surface area contributed by atoms with Crippen molar-refractivity contribution in [3.8, 4) is 17.2 Å². The molecule has 7 nitrogen and oxygen atoms in total. The van der Waals surface area contributed by atoms with Gasteiger partial charge in [0.05, 0.1) is 27.4 Å². The van der Waals surface area contributed by atoms with Crippen LogP contribution in [0.3, 0.4) is 0 Å². The zero-order valence-corrected chi connectivity index (χ0v) is 20.3. The predicted molar refractivity (Wildman–Crippen MR) is 137 cm³/mol. The van der Waals surface area contributed by atoms with Gasteiger partial charge in [-0.2, -0.15) is 0 Å². The predicted octanol–water partition coefficient (Wildman–Crippen LogP) is 5.68. The lowest BCUT2D eigenvalue weighted by Crippen LogP contribution is -2.43. The second kappa shape index (κ2) is 9.25. The number of urea groups is 1. The molecule has 0 spiro atoms. The van der Waals surface area contributed by atoms with Crippen molar-refractivity contribution in [1.29, 1.82) is 0 Å². The zero-order valence-electron chi connectivity index (χ0n) is 20.3. The molecule has 0 saturated carbocycles. The van der Waals surface area contributed by atoms with Crippen LogP contribution in [0.25, 0.3) is 10.9 Å². The van der Waals surface area contributed by atoms with Crippen LogP contribution in [0.2, 0.25) is 0 Å². The molecule has 0 fully saturated rings. The highest BCUT2D eigenvalue weighted by Gasteiger charge is 2.34. The van der Waals surface area contributed by atoms with Crippen LogP contribution in [0, 0.1) is 6.92 Å². The highest BCUT2D eigenvalue weighted by Crippen LogP contribution is 2.40. The van der Waals surface area contributed by atoms with E-state index >= 15 is 0 Å². The topological polar surface area (TPSA) is 75.8 Å². The van der Waals surface area contributed by atoms with Crippen molar-refractivity contribution >= 4 is 22.6 Å². The summed E-state index contributed by atoms with van der Waals surface area (Å²) in [5.74, 6) is 1.99. The van der Waals surface area contributed by atoms with Crippen molar-refractivity contribution in [2.24, 2.45) is 0 Å². The van der Waals surface area contributed by atoms with Gasteiger partial charge in [0.2, 0.25) is 0 Å². The molecule has 180 valence electrons. The number of benzene rings is 3. The number of aryl methyl sites for hydroxylation is 1. The largest absolute Gasteiger partial charge is 0.497 e. The van der Waals surface area contributed by atoms with Gasteiger partial charge in [0.1, 0.15) is 5.75 Å². The molecule has 7 heteroatoms. The molecule has 5 rings (SSSR count). The van der Waals surface area contributed by atoms with E-state index in [1.165, 1.54) is 11.1 Å². The van der Waals surface area contributed by atoms with Gasteiger partial charge >= 0.3 is 6.03 Å². The van der Waals surface area contributed by atoms with Gasteiger partial charge in [0.25, 0.3) is 0 Å². The maximum atomic E-state index is 13.6. The third-order valence-electron chi connectivity index (χ3n) is 6.62. The molecule has 1 atom stereocenters. The molecule has 4 aromatic rings. The maximum Gasteiger partial charge on any atom is 0.322 e. The summed E-state index contributed by atoms with van der Waals surface area (Å²) < 4.78 is 16.2. The van der Waals surface area contributed by atoms with E-state index in [9.17, 15) is 4.79 Å². The van der Waals surface area contributed by atoms with Gasteiger partial charge in [-0.05, 0) is 54.8 Å². The molecule has 0 unspecified atom stereocenters. The third kappa shape index (κ3) is 4.14. The summed E-state index contributed by atoms with van der Waals surface area (Å²) in [5, 5.41) is 4.18. The summed E-state index contributed by atoms with van der Waals surface area (Å²) >= 11 is 0. The van der Waals surface area contributed by atoms with Crippen molar-refractivity contribution in [3.63, 3.8) is 0 Å². The summed E-state index contributed by atoms with van der Waals surface area (Å²) in [5.41, 5.74) is 6.16. The minimum atomic E-state index is -0.252. The van der Waals surface area contributed by atoms with Crippen molar-refractivity contribution in [2.45, 2.75) is 19.4 Å². The minimum absolute atomic E-state index is 0.176. The van der Waals surface area contributed by atoms with Crippen LogP contribution in [0.1, 0.15) is 28.4 Å². The van der Waals surface area contributed by atoms with Crippen molar-refractivity contribution in [2.75, 3.05) is 33.2 Å². The molecule has 1 aliphatic heterocycles. The molecule has 1 aliphatic rings. The van der Waals surface area contributed by atoms with Crippen LogP contribution in [0.15, 0.2) is 60.7 Å². The number of hydrogen-bond donors (Lipinski definition) is 2. The van der Waals surface area contributed by atoms with E-state index in [-0.39, 0.29) is 12.1 Å². The fourth-order valence-corrected chi connectivity index (χ4v) is 4.82. The zero-order chi connectivity index (χ0) is 24.5. The lowest BCUT2D eigenvalue weighted by atomic mass is 9.92. The van der Waals surface area contributed by atoms with Crippen LogP contribution in [0.5, 0.6) is 17.2 Å². The number of fused-ring (bicyclic) bond motifs is 3. The first-order chi connectivity index (χ1) is 17.0. The van der Waals surface area contributed by atoms with E-state index in [2.05, 4.69) is 47.6 Å². The maximum absolute atomic E-state index is 13.6. The highest BCUT2D eigenvalue weighted by molar-refractivity contribution is 5.92. The Bertz CT molecular complexity index is 1380. The molecular formula is C28H29N3O4. The van der Waals surface area contributed by atoms with Gasteiger partial charge in [-0.25, -0.2) is 4.79 Å². The van der Waals surface area contributed by atoms with Gasteiger partial charge in [-0.1, -0.05) is 29.8 Å². The van der Waals surface area contributed by atoms with E-state index in [1.807, 2.05) is 23.1 Å². The van der Waals surface area contributed by atoms with Gasteiger partial charge in [0.15, 0.2) is 11.5 Å². The lowest BCUT2D eigenvalue weighted by molar-refractivity contribution is 0.193. The van der Waals surface area contributed by atoms with Crippen LogP contribution in [0.4, 0.5) is 10.5 Å². The second-order valence-corrected chi connectivity index (χ2v) is 8.69. The Morgan fingerprint density at radius 2 is 1.71 bits per heavy atom. The molecule has 3 aromatic carbocycles. The van der Waals surface area contributed by atoms with Crippen LogP contribution >= 0.6 is 0 Å². The Morgan fingerprint density at radius 3 is 2.43 bits per heavy atom. The Labute approximate surface area is 204 Å². The average molecular weight is 472 g/mol. The number of ether oxygens (including phenoxy) is 3. The molecule has 0 radical (unpaired) electrons. The Kier molecular flexibility index (Phi) is 5.99. The Hall–Kier alpha value is -4.13. The summed E-state index contributed by atoms with van der Waals surface area (Å²) in [6.45, 7) is 2.64. The fraction of sp³-hybridized carbons (Fsp3) is 0.250. The van der Waals surface area contributed by atoms with E-state index in [0.717, 1.165) is 34.3 Å². The monoisotopic (exact) mass is 471 g/mol. The van der Waals surface area contributed by atoms with Gasteiger partial charge in [-0.3, -0.25) is 0 Å². The van der Waals surface area contributed by atoms with Gasteiger partial charge in [-0.15, -0.1) is 0 Å². The molecule has 0 aliphatic carbocycles. The Morgan fingerprint density at radius 1 is 0.943 bits per heavy atom. The van der Waals surface area contributed by atoms with Crippen LogP contribution in [-0.4, -0.2) is 43.8 Å². The van der Waals surface area contributed by atoms with Crippen LogP contribution < -0.4 is 19.5 Å². The number of amides is 2. The molecule has 2 N–H and O–H groups in total. The molecular weight excluding hydrogens is 442 g/mol. The quantitative estimate of drug-likeness (QED) is 0.393. The first-order valence-corrected chi connectivity index (χ1v) is 11.6. The molecule has 2 heterocycles. The number of carbonyl (C=O) groups is 1. The van der Waals surface area contributed by atoms with Crippen LogP contribution in [-0.2, 0) is 6.42 Å². The van der Waals surface area contributed by atoms with E-state index in [1.54, 1.807) is 33.5 Å². The number of nitrogens with zero attached hydrogens (tertiary/aromatic N) is 1. The number of hydrogen-bond acceptors (Lipinski definition) is 4. The first-order valence-electron chi connectivity index (χ1n) is 11.6. The number of rotatable bonds is 5. The lowest BCUT2D eigenvalue weighted by Gasteiger charge is -2.36. The van der Waals surface area contributed by atoms with Crippen molar-refractivity contribution < 1.29 is 19.0 Å². The normalized spacial score (nSPS) is 15.0. The number of H-pyrrole nitrogens is 1. The molecule has 1 aromatic heterocycles. The Balaban J connectivity index is 1.54. The average Bonchev–Trinajstić information content (AvgIpc) is 3.26. The molecule has 0 bridgehead atoms. The van der Waals surface area contributed by atoms with Gasteiger partial charge in [0, 0.05) is 34.9 Å². The number of methoxy groups -OCH3 is 3. The standard InChI is InChI=1S/C28H29N3O4/c1-17-5-7-18(8-6-17)27-26-21(22-16-20(33-2)10-11-23(22)30-26)13-14-31(27)28(32)29-19-9-12-24(34-3)25(15-19)35-4/h5-12,15-16,27,30H,13-14H2,1-4H3,(H,29,32)/t27-/m0/s1. The number of carbonyl (C=O) groups excluding carboxylic acids is 1. The van der Waals surface area contributed by atoms with E-state index < -0.39 is 0 Å². The minimum Gasteiger partial charge on any atom is -0.497 e. The van der Waals surface area contributed by atoms with Crippen molar-refractivity contribution in [3.05, 3.63) is 83.0 Å². The molecule has 35 heavy (non-hydrogen) atoms. The smallest absolute Gasteiger partial charge is 0.322 e. The SMILES string of the molecule is COc1ccc2[nH]c3c(c2c1)CCN(C(=O)Nc1ccc(OC)c(OC)c1)[C@H]3c1ccc(C)cc1. The van der Waals surface area contributed by atoms with E-state index in [0.29, 0.717) is 23.7 Å². The summed E-state index contributed by atoms with van der Waals surface area (Å²) in [7, 11) is 4.84. The molecule has 2 amide bonds. The number of anilines is 1. The molecule has 0 saturated heterocycles. The number of aromatic nitrogens is 1. The first kappa shape index (κ1) is 22.7. The third-order valence-corrected chi connectivity index (χ3v) is 6.62. The van der Waals surface area contributed by atoms with Gasteiger partial charge < -0.3 is 29.4 Å². The summed E-state index contributed by atoms with van der Waals surface area (Å²) in [4.78, 5) is 19.1. The van der Waals surface area contributed by atoms with E-state index in [4.69, 9.17) is 14.2 Å². The fourth-order valence-electron chi connectivity index (χ4n) is 4.82. The number of nitrogens with one attached hydrogen (secondary N) is 2. The summed E-state index contributed by atoms with van der Waals surface area (Å²) in [6, 6.07) is 19.3.